The number of carbonyl (C=O) groups is 1. The van der Waals surface area contributed by atoms with E-state index < -0.39 is 0 Å². The number of amides is 1. The van der Waals surface area contributed by atoms with Gasteiger partial charge in [-0.25, -0.2) is 9.97 Å². The number of aryl methyl sites for hydroxylation is 2. The first-order valence-electron chi connectivity index (χ1n) is 11.0. The molecule has 0 bridgehead atoms. The smallest absolute Gasteiger partial charge is 0.253 e. The Morgan fingerprint density at radius 2 is 1.67 bits per heavy atom. The maximum Gasteiger partial charge on any atom is 0.253 e. The van der Waals surface area contributed by atoms with Gasteiger partial charge in [-0.05, 0) is 38.1 Å². The Kier molecular flexibility index (Phi) is 5.38. The summed E-state index contributed by atoms with van der Waals surface area (Å²) in [6, 6.07) is 16.3. The van der Waals surface area contributed by atoms with Crippen molar-refractivity contribution < 1.29 is 9.21 Å². The van der Waals surface area contributed by atoms with Gasteiger partial charge in [0.2, 0.25) is 0 Å². The molecule has 0 N–H and O–H groups in total. The molecule has 1 aliphatic rings. The molecule has 0 unspecified atom stereocenters. The van der Waals surface area contributed by atoms with Crippen molar-refractivity contribution >= 4 is 22.7 Å². The van der Waals surface area contributed by atoms with Crippen molar-refractivity contribution in [2.75, 3.05) is 31.1 Å². The topological polar surface area (TPSA) is 79.5 Å². The molecule has 3 heterocycles. The molecule has 1 aliphatic heterocycles. The van der Waals surface area contributed by atoms with Crippen LogP contribution >= 0.6 is 0 Å². The number of aromatic nitrogens is 2. The summed E-state index contributed by atoms with van der Waals surface area (Å²) in [4.78, 5) is 38.0. The lowest BCUT2D eigenvalue weighted by molar-refractivity contribution is 0.0746. The molecule has 0 saturated carbocycles. The van der Waals surface area contributed by atoms with Gasteiger partial charge in [0.25, 0.3) is 5.91 Å². The molecule has 0 aliphatic carbocycles. The molecule has 1 saturated heterocycles. The van der Waals surface area contributed by atoms with Crippen LogP contribution in [0.1, 0.15) is 21.6 Å². The summed E-state index contributed by atoms with van der Waals surface area (Å²) in [7, 11) is 0. The normalized spacial score (nSPS) is 14.0. The van der Waals surface area contributed by atoms with Crippen LogP contribution in [0.15, 0.2) is 70.1 Å². The Labute approximate surface area is 191 Å². The predicted octanol–water partition coefficient (Wildman–Crippen LogP) is 3.83. The second kappa shape index (κ2) is 8.50. The minimum atomic E-state index is -0.0770. The third-order valence-electron chi connectivity index (χ3n) is 5.98. The SMILES string of the molecule is Cc1ccc2oc(-c3ccc(C(=O)N4CCN(c5cc(C)ncn5)CC4)cc3)cc(=O)c2c1. The molecule has 0 radical (unpaired) electrons. The summed E-state index contributed by atoms with van der Waals surface area (Å²) in [6.45, 7) is 6.59. The number of benzene rings is 2. The maximum absolute atomic E-state index is 13.0. The zero-order chi connectivity index (χ0) is 22.9. The lowest BCUT2D eigenvalue weighted by atomic mass is 10.1. The van der Waals surface area contributed by atoms with E-state index in [2.05, 4.69) is 14.9 Å². The van der Waals surface area contributed by atoms with Crippen molar-refractivity contribution in [1.29, 1.82) is 0 Å². The molecule has 0 spiro atoms. The van der Waals surface area contributed by atoms with Gasteiger partial charge in [-0.15, -0.1) is 0 Å². The van der Waals surface area contributed by atoms with E-state index in [1.807, 2.05) is 55.1 Å². The number of anilines is 1. The van der Waals surface area contributed by atoms with Crippen LogP contribution in [0, 0.1) is 13.8 Å². The average Bonchev–Trinajstić information content (AvgIpc) is 2.84. The van der Waals surface area contributed by atoms with E-state index in [1.54, 1.807) is 18.5 Å². The maximum atomic E-state index is 13.0. The lowest BCUT2D eigenvalue weighted by Gasteiger charge is -2.35. The van der Waals surface area contributed by atoms with Gasteiger partial charge in [-0.1, -0.05) is 23.8 Å². The fraction of sp³-hybridized carbons (Fsp3) is 0.231. The van der Waals surface area contributed by atoms with Gasteiger partial charge in [0.05, 0.1) is 5.39 Å². The van der Waals surface area contributed by atoms with Crippen molar-refractivity contribution in [3.8, 4) is 11.3 Å². The van der Waals surface area contributed by atoms with E-state index in [4.69, 9.17) is 4.42 Å². The highest BCUT2D eigenvalue weighted by Crippen LogP contribution is 2.24. The fourth-order valence-corrected chi connectivity index (χ4v) is 4.12. The highest BCUT2D eigenvalue weighted by atomic mass is 16.3. The second-order valence-electron chi connectivity index (χ2n) is 8.35. The average molecular weight is 441 g/mol. The Bertz CT molecular complexity index is 1390. The first kappa shape index (κ1) is 20.9. The van der Waals surface area contributed by atoms with Crippen molar-refractivity contribution in [2.45, 2.75) is 13.8 Å². The minimum absolute atomic E-state index is 0.00416. The molecular formula is C26H24N4O3. The molecule has 7 heteroatoms. The van der Waals surface area contributed by atoms with E-state index in [0.717, 1.165) is 35.7 Å². The fourth-order valence-electron chi connectivity index (χ4n) is 4.12. The standard InChI is InChI=1S/C26H24N4O3/c1-17-3-8-23-21(13-17)22(31)15-24(33-23)19-4-6-20(7-5-19)26(32)30-11-9-29(10-12-30)25-14-18(2)27-16-28-25/h3-8,13-16H,9-12H2,1-2H3. The van der Waals surface area contributed by atoms with Crippen molar-refractivity contribution in [1.82, 2.24) is 14.9 Å². The van der Waals surface area contributed by atoms with E-state index in [0.29, 0.717) is 35.4 Å². The number of rotatable bonds is 3. The first-order valence-corrected chi connectivity index (χ1v) is 11.0. The Balaban J connectivity index is 1.30. The van der Waals surface area contributed by atoms with Crippen LogP contribution in [-0.2, 0) is 0 Å². The van der Waals surface area contributed by atoms with Crippen molar-refractivity contribution in [3.63, 3.8) is 0 Å². The third-order valence-corrected chi connectivity index (χ3v) is 5.98. The largest absolute Gasteiger partial charge is 0.456 e. The lowest BCUT2D eigenvalue weighted by Crippen LogP contribution is -2.49. The summed E-state index contributed by atoms with van der Waals surface area (Å²) in [5.74, 6) is 1.38. The summed E-state index contributed by atoms with van der Waals surface area (Å²) in [5.41, 5.74) is 3.79. The minimum Gasteiger partial charge on any atom is -0.456 e. The molecule has 7 nitrogen and oxygen atoms in total. The zero-order valence-corrected chi connectivity index (χ0v) is 18.6. The zero-order valence-electron chi connectivity index (χ0n) is 18.6. The monoisotopic (exact) mass is 440 g/mol. The number of hydrogen-bond donors (Lipinski definition) is 0. The number of carbonyl (C=O) groups excluding carboxylic acids is 1. The van der Waals surface area contributed by atoms with E-state index >= 15 is 0 Å². The molecule has 4 aromatic rings. The molecule has 2 aromatic heterocycles. The molecular weight excluding hydrogens is 416 g/mol. The quantitative estimate of drug-likeness (QED) is 0.482. The van der Waals surface area contributed by atoms with Gasteiger partial charge >= 0.3 is 0 Å². The highest BCUT2D eigenvalue weighted by Gasteiger charge is 2.23. The number of nitrogens with zero attached hydrogens (tertiary/aromatic N) is 4. The predicted molar refractivity (Wildman–Crippen MR) is 128 cm³/mol. The van der Waals surface area contributed by atoms with Gasteiger partial charge in [0, 0.05) is 55.1 Å². The highest BCUT2D eigenvalue weighted by molar-refractivity contribution is 5.95. The van der Waals surface area contributed by atoms with Gasteiger partial charge in [0.1, 0.15) is 23.5 Å². The number of fused-ring (bicyclic) bond motifs is 1. The van der Waals surface area contributed by atoms with Gasteiger partial charge < -0.3 is 14.2 Å². The Hall–Kier alpha value is -4.00. The molecule has 166 valence electrons. The molecule has 1 amide bonds. The van der Waals surface area contributed by atoms with Crippen LogP contribution in [0.5, 0.6) is 0 Å². The van der Waals surface area contributed by atoms with Crippen molar-refractivity contribution in [2.24, 2.45) is 0 Å². The van der Waals surface area contributed by atoms with E-state index in [1.165, 1.54) is 6.07 Å². The molecule has 1 fully saturated rings. The molecule has 0 atom stereocenters. The first-order chi connectivity index (χ1) is 16.0. The number of hydrogen-bond acceptors (Lipinski definition) is 6. The number of piperazine rings is 1. The van der Waals surface area contributed by atoms with E-state index in [-0.39, 0.29) is 11.3 Å². The van der Waals surface area contributed by atoms with Gasteiger partial charge in [-0.2, -0.15) is 0 Å². The molecule has 5 rings (SSSR count). The van der Waals surface area contributed by atoms with Crippen molar-refractivity contribution in [3.05, 3.63) is 88.0 Å². The summed E-state index contributed by atoms with van der Waals surface area (Å²) in [6.07, 6.45) is 1.57. The third kappa shape index (κ3) is 4.22. The van der Waals surface area contributed by atoms with Gasteiger partial charge in [-0.3, -0.25) is 9.59 Å². The van der Waals surface area contributed by atoms with E-state index in [9.17, 15) is 9.59 Å². The Morgan fingerprint density at radius 1 is 0.909 bits per heavy atom. The van der Waals surface area contributed by atoms with Crippen LogP contribution < -0.4 is 10.3 Å². The second-order valence-corrected chi connectivity index (χ2v) is 8.35. The Morgan fingerprint density at radius 3 is 2.39 bits per heavy atom. The van der Waals surface area contributed by atoms with Gasteiger partial charge in [0.15, 0.2) is 5.43 Å². The summed E-state index contributed by atoms with van der Waals surface area (Å²) in [5, 5.41) is 0.571. The summed E-state index contributed by atoms with van der Waals surface area (Å²) >= 11 is 0. The summed E-state index contributed by atoms with van der Waals surface area (Å²) < 4.78 is 5.95. The molecule has 33 heavy (non-hydrogen) atoms. The molecule has 2 aromatic carbocycles. The van der Waals surface area contributed by atoms with Crippen LogP contribution in [-0.4, -0.2) is 47.0 Å². The van der Waals surface area contributed by atoms with Crippen LogP contribution in [0.2, 0.25) is 0 Å². The van der Waals surface area contributed by atoms with Crippen LogP contribution in [0.3, 0.4) is 0 Å². The van der Waals surface area contributed by atoms with Crippen LogP contribution in [0.4, 0.5) is 5.82 Å². The van der Waals surface area contributed by atoms with Crippen LogP contribution in [0.25, 0.3) is 22.3 Å².